The van der Waals surface area contributed by atoms with Crippen molar-refractivity contribution in [3.8, 4) is 0 Å². The molecule has 0 aromatic rings. The van der Waals surface area contributed by atoms with Crippen LogP contribution in [0.15, 0.2) is 12.4 Å². The van der Waals surface area contributed by atoms with Crippen molar-refractivity contribution in [2.45, 2.75) is 187 Å². The highest BCUT2D eigenvalue weighted by Gasteiger charge is 2.24. The zero-order valence-electron chi connectivity index (χ0n) is 24.7. The molecule has 0 aromatic carbocycles. The van der Waals surface area contributed by atoms with Crippen molar-refractivity contribution in [2.75, 3.05) is 13.1 Å². The third-order valence-electron chi connectivity index (χ3n) is 8.07. The SMILES string of the molecule is CCCCCCCCCCCCN1C=CN(CCCCCCCCCCC)C1CCCCCCC. The van der Waals surface area contributed by atoms with Gasteiger partial charge in [0.25, 0.3) is 0 Å². The largest absolute Gasteiger partial charge is 0.356 e. The van der Waals surface area contributed by atoms with Gasteiger partial charge in [0, 0.05) is 25.5 Å². The first kappa shape index (κ1) is 32.4. The Hall–Kier alpha value is -0.660. The Morgan fingerprint density at radius 3 is 1.00 bits per heavy atom. The summed E-state index contributed by atoms with van der Waals surface area (Å²) in [5, 5.41) is 0. The summed E-state index contributed by atoms with van der Waals surface area (Å²) in [6.07, 6.45) is 41.0. The van der Waals surface area contributed by atoms with Crippen LogP contribution in [0.1, 0.15) is 181 Å². The number of nitrogens with zero attached hydrogens (tertiary/aromatic N) is 2. The van der Waals surface area contributed by atoms with Crippen LogP contribution in [0.2, 0.25) is 0 Å². The van der Waals surface area contributed by atoms with E-state index in [1.165, 1.54) is 174 Å². The van der Waals surface area contributed by atoms with Crippen molar-refractivity contribution in [3.05, 3.63) is 12.4 Å². The molecular formula is C33H66N2. The second kappa shape index (κ2) is 25.0. The maximum atomic E-state index is 2.69. The fraction of sp³-hybridized carbons (Fsp3) is 0.939. The van der Waals surface area contributed by atoms with E-state index in [9.17, 15) is 0 Å². The molecule has 35 heavy (non-hydrogen) atoms. The quantitative estimate of drug-likeness (QED) is 0.106. The van der Waals surface area contributed by atoms with Gasteiger partial charge >= 0.3 is 0 Å². The lowest BCUT2D eigenvalue weighted by atomic mass is 10.1. The van der Waals surface area contributed by atoms with Crippen molar-refractivity contribution in [1.82, 2.24) is 9.80 Å². The van der Waals surface area contributed by atoms with Crippen LogP contribution in [-0.4, -0.2) is 29.1 Å². The van der Waals surface area contributed by atoms with Crippen LogP contribution >= 0.6 is 0 Å². The highest BCUT2D eigenvalue weighted by Crippen LogP contribution is 2.24. The molecular weight excluding hydrogens is 424 g/mol. The van der Waals surface area contributed by atoms with Crippen molar-refractivity contribution in [2.24, 2.45) is 0 Å². The van der Waals surface area contributed by atoms with E-state index in [1.807, 2.05) is 0 Å². The normalized spacial score (nSPS) is 15.6. The number of hydrogen-bond donors (Lipinski definition) is 0. The minimum Gasteiger partial charge on any atom is -0.356 e. The molecule has 0 radical (unpaired) electrons. The molecule has 208 valence electrons. The van der Waals surface area contributed by atoms with Gasteiger partial charge in [-0.2, -0.15) is 0 Å². The predicted molar refractivity (Wildman–Crippen MR) is 159 cm³/mol. The van der Waals surface area contributed by atoms with Gasteiger partial charge in [0.1, 0.15) is 6.17 Å². The van der Waals surface area contributed by atoms with Crippen LogP contribution < -0.4 is 0 Å². The summed E-state index contributed by atoms with van der Waals surface area (Å²) < 4.78 is 0. The summed E-state index contributed by atoms with van der Waals surface area (Å²) >= 11 is 0. The molecule has 1 rings (SSSR count). The molecule has 0 bridgehead atoms. The third kappa shape index (κ3) is 18.3. The molecule has 0 fully saturated rings. The number of unbranched alkanes of at least 4 members (excludes halogenated alkanes) is 21. The first-order valence-electron chi connectivity index (χ1n) is 16.5. The van der Waals surface area contributed by atoms with E-state index in [0.717, 1.165) is 0 Å². The second-order valence-electron chi connectivity index (χ2n) is 11.5. The Kier molecular flexibility index (Phi) is 23.1. The Balaban J connectivity index is 2.21. The molecule has 0 amide bonds. The van der Waals surface area contributed by atoms with Crippen LogP contribution in [-0.2, 0) is 0 Å². The molecule has 2 nitrogen and oxygen atoms in total. The second-order valence-corrected chi connectivity index (χ2v) is 11.5. The average molecular weight is 491 g/mol. The first-order valence-corrected chi connectivity index (χ1v) is 16.5. The van der Waals surface area contributed by atoms with Crippen molar-refractivity contribution in [1.29, 1.82) is 0 Å². The summed E-state index contributed by atoms with van der Waals surface area (Å²) in [7, 11) is 0. The van der Waals surface area contributed by atoms with Crippen molar-refractivity contribution >= 4 is 0 Å². The molecule has 0 aromatic heterocycles. The molecule has 0 saturated heterocycles. The smallest absolute Gasteiger partial charge is 0.101 e. The fourth-order valence-electron chi connectivity index (χ4n) is 5.66. The van der Waals surface area contributed by atoms with Crippen LogP contribution in [0.3, 0.4) is 0 Å². The van der Waals surface area contributed by atoms with Crippen LogP contribution in [0.5, 0.6) is 0 Å². The molecule has 1 unspecified atom stereocenters. The molecule has 1 heterocycles. The predicted octanol–water partition coefficient (Wildman–Crippen LogP) is 11.2. The topological polar surface area (TPSA) is 6.48 Å². The highest BCUT2D eigenvalue weighted by molar-refractivity contribution is 4.97. The van der Waals surface area contributed by atoms with Gasteiger partial charge in [0.05, 0.1) is 0 Å². The number of hydrogen-bond acceptors (Lipinski definition) is 2. The molecule has 0 N–H and O–H groups in total. The van der Waals surface area contributed by atoms with E-state index >= 15 is 0 Å². The van der Waals surface area contributed by atoms with E-state index in [0.29, 0.717) is 6.17 Å². The van der Waals surface area contributed by atoms with E-state index in [1.54, 1.807) is 0 Å². The highest BCUT2D eigenvalue weighted by atomic mass is 15.4. The minimum absolute atomic E-state index is 0.643. The van der Waals surface area contributed by atoms with Gasteiger partial charge in [-0.15, -0.1) is 0 Å². The van der Waals surface area contributed by atoms with Gasteiger partial charge in [0.15, 0.2) is 0 Å². The van der Waals surface area contributed by atoms with Gasteiger partial charge in [-0.3, -0.25) is 0 Å². The monoisotopic (exact) mass is 491 g/mol. The molecule has 0 aliphatic carbocycles. The average Bonchev–Trinajstić information content (AvgIpc) is 3.25. The molecule has 2 heteroatoms. The van der Waals surface area contributed by atoms with Crippen LogP contribution in [0, 0.1) is 0 Å². The Morgan fingerprint density at radius 1 is 0.371 bits per heavy atom. The summed E-state index contributed by atoms with van der Waals surface area (Å²) in [4.78, 5) is 5.38. The maximum Gasteiger partial charge on any atom is 0.101 e. The van der Waals surface area contributed by atoms with E-state index in [2.05, 4.69) is 43.0 Å². The Bertz CT molecular complexity index is 446. The van der Waals surface area contributed by atoms with E-state index in [-0.39, 0.29) is 0 Å². The summed E-state index contributed by atoms with van der Waals surface area (Å²) in [5.41, 5.74) is 0. The summed E-state index contributed by atoms with van der Waals surface area (Å²) in [5.74, 6) is 0. The molecule has 0 spiro atoms. The fourth-order valence-corrected chi connectivity index (χ4v) is 5.66. The molecule has 1 aliphatic heterocycles. The lowest BCUT2D eigenvalue weighted by Crippen LogP contribution is -2.39. The minimum atomic E-state index is 0.643. The zero-order valence-corrected chi connectivity index (χ0v) is 24.7. The maximum absolute atomic E-state index is 2.69. The van der Waals surface area contributed by atoms with Gasteiger partial charge in [-0.05, 0) is 25.7 Å². The molecule has 1 atom stereocenters. The van der Waals surface area contributed by atoms with Gasteiger partial charge in [-0.25, -0.2) is 0 Å². The first-order chi connectivity index (χ1) is 17.3. The van der Waals surface area contributed by atoms with Crippen LogP contribution in [0.4, 0.5) is 0 Å². The summed E-state index contributed by atoms with van der Waals surface area (Å²) in [6, 6.07) is 0. The molecule has 1 aliphatic rings. The lowest BCUT2D eigenvalue weighted by Gasteiger charge is -2.33. The van der Waals surface area contributed by atoms with Crippen molar-refractivity contribution in [3.63, 3.8) is 0 Å². The number of rotatable bonds is 27. The van der Waals surface area contributed by atoms with Crippen LogP contribution in [0.25, 0.3) is 0 Å². The Labute approximate surface area is 222 Å². The lowest BCUT2D eigenvalue weighted by molar-refractivity contribution is 0.135. The van der Waals surface area contributed by atoms with E-state index < -0.39 is 0 Å². The standard InChI is InChI=1S/C33H66N2/c1-4-7-10-13-15-17-19-21-24-27-30-35-32-31-34(33(35)28-25-22-12-9-6-3)29-26-23-20-18-16-14-11-8-5-2/h31-33H,4-30H2,1-3H3. The molecule has 0 saturated carbocycles. The Morgan fingerprint density at radius 2 is 0.657 bits per heavy atom. The van der Waals surface area contributed by atoms with E-state index in [4.69, 9.17) is 0 Å². The van der Waals surface area contributed by atoms with Gasteiger partial charge < -0.3 is 9.80 Å². The third-order valence-corrected chi connectivity index (χ3v) is 8.07. The van der Waals surface area contributed by atoms with Gasteiger partial charge in [-0.1, -0.05) is 156 Å². The zero-order chi connectivity index (χ0) is 25.2. The van der Waals surface area contributed by atoms with Crippen molar-refractivity contribution < 1.29 is 0 Å². The summed E-state index contributed by atoms with van der Waals surface area (Å²) in [6.45, 7) is 9.47. The van der Waals surface area contributed by atoms with Gasteiger partial charge in [0.2, 0.25) is 0 Å².